The molecule has 0 saturated heterocycles. The molecule has 0 aliphatic carbocycles. The van der Waals surface area contributed by atoms with Crippen LogP contribution >= 0.6 is 0 Å². The molecule has 1 aromatic carbocycles. The maximum absolute atomic E-state index is 10.9. The molecule has 0 heterocycles. The topological polar surface area (TPSA) is 49.3 Å². The van der Waals surface area contributed by atoms with Gasteiger partial charge in [0.05, 0.1) is 0 Å². The van der Waals surface area contributed by atoms with Crippen LogP contribution in [0.3, 0.4) is 0 Å². The first-order valence-corrected chi connectivity index (χ1v) is 5.84. The Morgan fingerprint density at radius 3 is 2.18 bits per heavy atom. The van der Waals surface area contributed by atoms with Crippen LogP contribution in [0.25, 0.3) is 0 Å². The van der Waals surface area contributed by atoms with Gasteiger partial charge < -0.3 is 10.4 Å². The van der Waals surface area contributed by atoms with Gasteiger partial charge in [-0.15, -0.1) is 0 Å². The van der Waals surface area contributed by atoms with Crippen molar-refractivity contribution in [1.29, 1.82) is 0 Å². The van der Waals surface area contributed by atoms with E-state index in [9.17, 15) is 4.79 Å². The summed E-state index contributed by atoms with van der Waals surface area (Å²) in [5.41, 5.74) is 2.44. The van der Waals surface area contributed by atoms with Crippen LogP contribution < -0.4 is 5.32 Å². The largest absolute Gasteiger partial charge is 0.480 e. The average Bonchev–Trinajstić information content (AvgIpc) is 2.25. The molecule has 0 aliphatic rings. The zero-order valence-corrected chi connectivity index (χ0v) is 10.9. The highest BCUT2D eigenvalue weighted by atomic mass is 16.4. The molecule has 1 unspecified atom stereocenters. The second-order valence-electron chi connectivity index (χ2n) is 5.33. The van der Waals surface area contributed by atoms with E-state index in [1.54, 1.807) is 7.05 Å². The van der Waals surface area contributed by atoms with Crippen molar-refractivity contribution in [2.45, 2.75) is 38.6 Å². The van der Waals surface area contributed by atoms with Gasteiger partial charge in [-0.05, 0) is 30.0 Å². The second kappa shape index (κ2) is 5.32. The van der Waals surface area contributed by atoms with Gasteiger partial charge in [0.25, 0.3) is 0 Å². The smallest absolute Gasteiger partial charge is 0.321 e. The van der Waals surface area contributed by atoms with Crippen molar-refractivity contribution < 1.29 is 9.90 Å². The van der Waals surface area contributed by atoms with Gasteiger partial charge in [-0.2, -0.15) is 0 Å². The summed E-state index contributed by atoms with van der Waals surface area (Å²) in [5.74, 6) is -0.813. The van der Waals surface area contributed by atoms with Crippen LogP contribution in [0.15, 0.2) is 24.3 Å². The van der Waals surface area contributed by atoms with E-state index < -0.39 is 12.0 Å². The molecule has 3 heteroatoms. The third-order valence-electron chi connectivity index (χ3n) is 2.91. The van der Waals surface area contributed by atoms with Crippen LogP contribution in [0.4, 0.5) is 0 Å². The first-order chi connectivity index (χ1) is 7.84. The number of aliphatic carboxylic acids is 1. The fraction of sp³-hybridized carbons (Fsp3) is 0.500. The Hall–Kier alpha value is -1.35. The summed E-state index contributed by atoms with van der Waals surface area (Å²) in [6, 6.07) is 7.64. The third kappa shape index (κ3) is 3.86. The van der Waals surface area contributed by atoms with Gasteiger partial charge in [0.15, 0.2) is 0 Å². The van der Waals surface area contributed by atoms with E-state index >= 15 is 0 Å². The molecular weight excluding hydrogens is 214 g/mol. The fourth-order valence-corrected chi connectivity index (χ4v) is 1.69. The van der Waals surface area contributed by atoms with Crippen LogP contribution in [0.5, 0.6) is 0 Å². The SMILES string of the molecule is CNC(Cc1ccc(C(C)(C)C)cc1)C(=O)O. The average molecular weight is 235 g/mol. The summed E-state index contributed by atoms with van der Waals surface area (Å²) in [6.07, 6.45) is 0.510. The molecule has 0 amide bonds. The molecule has 0 spiro atoms. The van der Waals surface area contributed by atoms with Crippen LogP contribution in [-0.2, 0) is 16.6 Å². The molecule has 1 rings (SSSR count). The van der Waals surface area contributed by atoms with Gasteiger partial charge in [-0.3, -0.25) is 4.79 Å². The number of hydrogen-bond acceptors (Lipinski definition) is 2. The Bertz CT molecular complexity index is 376. The zero-order valence-electron chi connectivity index (χ0n) is 10.9. The van der Waals surface area contributed by atoms with E-state index in [4.69, 9.17) is 5.11 Å². The third-order valence-corrected chi connectivity index (χ3v) is 2.91. The molecule has 0 radical (unpaired) electrons. The molecule has 2 N–H and O–H groups in total. The molecule has 1 aromatic rings. The number of likely N-dealkylation sites (N-methyl/N-ethyl adjacent to an activating group) is 1. The van der Waals surface area contributed by atoms with Gasteiger partial charge in [-0.25, -0.2) is 0 Å². The summed E-state index contributed by atoms with van der Waals surface area (Å²) in [5, 5.41) is 11.8. The highest BCUT2D eigenvalue weighted by Crippen LogP contribution is 2.22. The number of benzene rings is 1. The molecule has 94 valence electrons. The number of rotatable bonds is 4. The summed E-state index contributed by atoms with van der Waals surface area (Å²) in [6.45, 7) is 6.49. The van der Waals surface area contributed by atoms with Crippen LogP contribution in [0.2, 0.25) is 0 Å². The van der Waals surface area contributed by atoms with Gasteiger partial charge in [-0.1, -0.05) is 45.0 Å². The highest BCUT2D eigenvalue weighted by molar-refractivity contribution is 5.73. The Balaban J connectivity index is 2.78. The minimum atomic E-state index is -0.813. The summed E-state index contributed by atoms with van der Waals surface area (Å²) in [4.78, 5) is 10.9. The summed E-state index contributed by atoms with van der Waals surface area (Å²) < 4.78 is 0. The Kier molecular flexibility index (Phi) is 4.29. The predicted octanol–water partition coefficient (Wildman–Crippen LogP) is 2.20. The van der Waals surface area contributed by atoms with Crippen molar-refractivity contribution in [1.82, 2.24) is 5.32 Å². The highest BCUT2D eigenvalue weighted by Gasteiger charge is 2.16. The van der Waals surface area contributed by atoms with Gasteiger partial charge >= 0.3 is 5.97 Å². The van der Waals surface area contributed by atoms with E-state index in [0.717, 1.165) is 5.56 Å². The van der Waals surface area contributed by atoms with E-state index in [2.05, 4.69) is 38.2 Å². The lowest BCUT2D eigenvalue weighted by Gasteiger charge is -2.19. The number of carboxylic acid groups (broad SMARTS) is 1. The minimum Gasteiger partial charge on any atom is -0.480 e. The van der Waals surface area contributed by atoms with Crippen molar-refractivity contribution >= 4 is 5.97 Å². The number of carboxylic acids is 1. The Morgan fingerprint density at radius 2 is 1.82 bits per heavy atom. The predicted molar refractivity (Wildman–Crippen MR) is 69.3 cm³/mol. The number of nitrogens with one attached hydrogen (secondary N) is 1. The molecule has 3 nitrogen and oxygen atoms in total. The van der Waals surface area contributed by atoms with Crippen molar-refractivity contribution in [3.05, 3.63) is 35.4 Å². The van der Waals surface area contributed by atoms with Crippen molar-refractivity contribution in [2.75, 3.05) is 7.05 Å². The lowest BCUT2D eigenvalue weighted by Crippen LogP contribution is -2.35. The quantitative estimate of drug-likeness (QED) is 0.841. The van der Waals surface area contributed by atoms with Crippen molar-refractivity contribution in [3.63, 3.8) is 0 Å². The lowest BCUT2D eigenvalue weighted by molar-refractivity contribution is -0.139. The summed E-state index contributed by atoms with van der Waals surface area (Å²) in [7, 11) is 1.67. The molecule has 0 saturated carbocycles. The zero-order chi connectivity index (χ0) is 13.1. The molecular formula is C14H21NO2. The molecule has 0 aromatic heterocycles. The first-order valence-electron chi connectivity index (χ1n) is 5.84. The van der Waals surface area contributed by atoms with Gasteiger partial charge in [0.1, 0.15) is 6.04 Å². The number of hydrogen-bond donors (Lipinski definition) is 2. The molecule has 1 atom stereocenters. The standard InChI is InChI=1S/C14H21NO2/c1-14(2,3)11-7-5-10(6-8-11)9-12(15-4)13(16)17/h5-8,12,15H,9H2,1-4H3,(H,16,17). The molecule has 0 bridgehead atoms. The fourth-order valence-electron chi connectivity index (χ4n) is 1.69. The van der Waals surface area contributed by atoms with Crippen molar-refractivity contribution in [2.24, 2.45) is 0 Å². The van der Waals surface area contributed by atoms with E-state index in [0.29, 0.717) is 6.42 Å². The van der Waals surface area contributed by atoms with Crippen molar-refractivity contribution in [3.8, 4) is 0 Å². The second-order valence-corrected chi connectivity index (χ2v) is 5.33. The lowest BCUT2D eigenvalue weighted by atomic mass is 9.86. The normalized spacial score (nSPS) is 13.4. The Labute approximate surface area is 103 Å². The maximum atomic E-state index is 10.9. The number of carbonyl (C=O) groups is 1. The van der Waals surface area contributed by atoms with E-state index in [1.165, 1.54) is 5.56 Å². The maximum Gasteiger partial charge on any atom is 0.321 e. The monoisotopic (exact) mass is 235 g/mol. The minimum absolute atomic E-state index is 0.133. The van der Waals surface area contributed by atoms with Crippen LogP contribution in [0.1, 0.15) is 31.9 Å². The Morgan fingerprint density at radius 1 is 1.29 bits per heavy atom. The summed E-state index contributed by atoms with van der Waals surface area (Å²) >= 11 is 0. The molecule has 17 heavy (non-hydrogen) atoms. The van der Waals surface area contributed by atoms with Crippen LogP contribution in [0, 0.1) is 0 Å². The van der Waals surface area contributed by atoms with E-state index in [-0.39, 0.29) is 5.41 Å². The molecule has 0 fully saturated rings. The first kappa shape index (κ1) is 13.7. The van der Waals surface area contributed by atoms with E-state index in [1.807, 2.05) is 12.1 Å². The van der Waals surface area contributed by atoms with Gasteiger partial charge in [0, 0.05) is 0 Å². The van der Waals surface area contributed by atoms with Crippen LogP contribution in [-0.4, -0.2) is 24.2 Å². The molecule has 0 aliphatic heterocycles. The van der Waals surface area contributed by atoms with Gasteiger partial charge in [0.2, 0.25) is 0 Å².